The molecule has 42 heavy (non-hydrogen) atoms. The van der Waals surface area contributed by atoms with E-state index < -0.39 is 0 Å². The second-order valence-electron chi connectivity index (χ2n) is 10.2. The molecule has 1 aliphatic heterocycles. The summed E-state index contributed by atoms with van der Waals surface area (Å²) < 4.78 is 5.57. The third-order valence-electron chi connectivity index (χ3n) is 7.43. The van der Waals surface area contributed by atoms with Gasteiger partial charge in [-0.2, -0.15) is 0 Å². The summed E-state index contributed by atoms with van der Waals surface area (Å²) in [6.45, 7) is 5.00. The number of hydrogen-bond acceptors (Lipinski definition) is 5. The average Bonchev–Trinajstić information content (AvgIpc) is 3.04. The lowest BCUT2D eigenvalue weighted by atomic mass is 10.1. The Morgan fingerprint density at radius 3 is 2.10 bits per heavy atom. The molecule has 214 valence electrons. The number of nitrogens with one attached hydrogen (secondary N) is 2. The highest BCUT2D eigenvalue weighted by Crippen LogP contribution is 2.31. The SMILES string of the molecule is COc1ccccc1N1CCN(c2ccc(NC(=O)/C=C/c3ccccc3)cc2C(=O)NC(C)c2ccccc2)CC1. The van der Waals surface area contributed by atoms with Crippen molar-refractivity contribution >= 4 is 35.0 Å². The van der Waals surface area contributed by atoms with Crippen LogP contribution in [0.1, 0.15) is 34.5 Å². The van der Waals surface area contributed by atoms with E-state index in [1.807, 2.05) is 97.9 Å². The van der Waals surface area contributed by atoms with E-state index in [9.17, 15) is 9.59 Å². The second-order valence-corrected chi connectivity index (χ2v) is 10.2. The van der Waals surface area contributed by atoms with Gasteiger partial charge < -0.3 is 25.2 Å². The van der Waals surface area contributed by atoms with Crippen molar-refractivity contribution in [1.82, 2.24) is 5.32 Å². The van der Waals surface area contributed by atoms with Crippen molar-refractivity contribution in [2.24, 2.45) is 0 Å². The number of para-hydroxylation sites is 2. The molecular formula is C35H36N4O3. The van der Waals surface area contributed by atoms with Crippen LogP contribution in [0.3, 0.4) is 0 Å². The van der Waals surface area contributed by atoms with Gasteiger partial charge in [-0.15, -0.1) is 0 Å². The summed E-state index contributed by atoms with van der Waals surface area (Å²) in [6.07, 6.45) is 3.26. The van der Waals surface area contributed by atoms with E-state index in [4.69, 9.17) is 4.74 Å². The van der Waals surface area contributed by atoms with Crippen LogP contribution >= 0.6 is 0 Å². The van der Waals surface area contributed by atoms with E-state index in [1.54, 1.807) is 19.3 Å². The fourth-order valence-corrected chi connectivity index (χ4v) is 5.17. The number of carbonyl (C=O) groups is 2. The molecule has 1 atom stereocenters. The topological polar surface area (TPSA) is 73.9 Å². The molecule has 5 rings (SSSR count). The Bertz CT molecular complexity index is 1530. The van der Waals surface area contributed by atoms with Crippen molar-refractivity contribution < 1.29 is 14.3 Å². The maximum Gasteiger partial charge on any atom is 0.253 e. The summed E-state index contributed by atoms with van der Waals surface area (Å²) in [6, 6.07) is 32.9. The molecule has 7 nitrogen and oxygen atoms in total. The molecule has 1 aliphatic rings. The zero-order valence-electron chi connectivity index (χ0n) is 24.0. The summed E-state index contributed by atoms with van der Waals surface area (Å²) in [5.41, 5.74) is 4.94. The molecule has 0 radical (unpaired) electrons. The number of methoxy groups -OCH3 is 1. The molecule has 0 spiro atoms. The van der Waals surface area contributed by atoms with Crippen LogP contribution in [0.25, 0.3) is 6.08 Å². The molecule has 2 amide bonds. The standard InChI is InChI=1S/C35H36N4O3/c1-26(28-13-7-4-8-14-28)36-35(41)30-25-29(37-34(40)20-17-27-11-5-3-6-12-27)18-19-31(30)38-21-23-39(24-22-38)32-15-9-10-16-33(32)42-2/h3-20,25-26H,21-24H2,1-2H3,(H,36,41)(H,37,40)/b20-17+. The number of ether oxygens (including phenoxy) is 1. The second kappa shape index (κ2) is 13.5. The number of benzene rings is 4. The van der Waals surface area contributed by atoms with Crippen molar-refractivity contribution in [2.45, 2.75) is 13.0 Å². The van der Waals surface area contributed by atoms with Gasteiger partial charge in [0.2, 0.25) is 5.91 Å². The van der Waals surface area contributed by atoms with Gasteiger partial charge in [-0.25, -0.2) is 0 Å². The monoisotopic (exact) mass is 560 g/mol. The first-order chi connectivity index (χ1) is 20.5. The van der Waals surface area contributed by atoms with Crippen molar-refractivity contribution in [3.63, 3.8) is 0 Å². The predicted molar refractivity (Wildman–Crippen MR) is 170 cm³/mol. The molecule has 1 saturated heterocycles. The number of amides is 2. The van der Waals surface area contributed by atoms with Gasteiger partial charge in [0.1, 0.15) is 5.75 Å². The minimum absolute atomic E-state index is 0.180. The summed E-state index contributed by atoms with van der Waals surface area (Å²) in [4.78, 5) is 31.0. The van der Waals surface area contributed by atoms with Gasteiger partial charge in [0.05, 0.1) is 24.4 Å². The molecule has 1 heterocycles. The zero-order chi connectivity index (χ0) is 29.3. The number of carbonyl (C=O) groups excluding carboxylic acids is 2. The third kappa shape index (κ3) is 6.99. The van der Waals surface area contributed by atoms with Crippen LogP contribution in [-0.2, 0) is 4.79 Å². The highest BCUT2D eigenvalue weighted by atomic mass is 16.5. The van der Waals surface area contributed by atoms with Crippen LogP contribution < -0.4 is 25.2 Å². The number of hydrogen-bond donors (Lipinski definition) is 2. The number of piperazine rings is 1. The van der Waals surface area contributed by atoms with Crippen molar-refractivity contribution in [1.29, 1.82) is 0 Å². The molecule has 1 unspecified atom stereocenters. The molecule has 1 fully saturated rings. The van der Waals surface area contributed by atoms with Crippen LogP contribution in [-0.4, -0.2) is 45.1 Å². The minimum Gasteiger partial charge on any atom is -0.495 e. The van der Waals surface area contributed by atoms with Gasteiger partial charge in [-0.3, -0.25) is 9.59 Å². The van der Waals surface area contributed by atoms with E-state index >= 15 is 0 Å². The highest BCUT2D eigenvalue weighted by molar-refractivity contribution is 6.05. The first kappa shape index (κ1) is 28.5. The van der Waals surface area contributed by atoms with Crippen molar-refractivity contribution in [3.8, 4) is 5.75 Å². The Labute approximate surface area is 247 Å². The van der Waals surface area contributed by atoms with E-state index in [-0.39, 0.29) is 17.9 Å². The fraction of sp³-hybridized carbons (Fsp3) is 0.200. The van der Waals surface area contributed by atoms with Gasteiger partial charge in [0.25, 0.3) is 5.91 Å². The van der Waals surface area contributed by atoms with Crippen LogP contribution in [0, 0.1) is 0 Å². The van der Waals surface area contributed by atoms with E-state index in [0.717, 1.165) is 54.4 Å². The molecule has 0 aliphatic carbocycles. The van der Waals surface area contributed by atoms with Crippen LogP contribution in [0.5, 0.6) is 5.75 Å². The molecule has 0 saturated carbocycles. The highest BCUT2D eigenvalue weighted by Gasteiger charge is 2.24. The van der Waals surface area contributed by atoms with Gasteiger partial charge in [0, 0.05) is 43.6 Å². The number of rotatable bonds is 9. The summed E-state index contributed by atoms with van der Waals surface area (Å²) in [5.74, 6) is 0.396. The third-order valence-corrected chi connectivity index (χ3v) is 7.43. The summed E-state index contributed by atoms with van der Waals surface area (Å²) >= 11 is 0. The van der Waals surface area contributed by atoms with E-state index in [2.05, 4.69) is 26.5 Å². The Morgan fingerprint density at radius 1 is 0.786 bits per heavy atom. The predicted octanol–water partition coefficient (Wildman–Crippen LogP) is 6.16. The van der Waals surface area contributed by atoms with Crippen molar-refractivity contribution in [3.05, 3.63) is 126 Å². The smallest absolute Gasteiger partial charge is 0.253 e. The number of anilines is 3. The van der Waals surface area contributed by atoms with Crippen molar-refractivity contribution in [2.75, 3.05) is 48.4 Å². The van der Waals surface area contributed by atoms with Crippen LogP contribution in [0.15, 0.2) is 109 Å². The minimum atomic E-state index is -0.263. The maximum absolute atomic E-state index is 13.7. The summed E-state index contributed by atoms with van der Waals surface area (Å²) in [7, 11) is 1.69. The first-order valence-corrected chi connectivity index (χ1v) is 14.2. The Morgan fingerprint density at radius 2 is 1.40 bits per heavy atom. The molecule has 0 aromatic heterocycles. The largest absolute Gasteiger partial charge is 0.495 e. The lowest BCUT2D eigenvalue weighted by Gasteiger charge is -2.38. The van der Waals surface area contributed by atoms with Crippen LogP contribution in [0.2, 0.25) is 0 Å². The Hall–Kier alpha value is -5.04. The normalized spacial score (nSPS) is 14.0. The zero-order valence-corrected chi connectivity index (χ0v) is 24.0. The van der Waals surface area contributed by atoms with E-state index in [1.165, 1.54) is 6.08 Å². The number of nitrogens with zero attached hydrogens (tertiary/aromatic N) is 2. The molecular weight excluding hydrogens is 524 g/mol. The van der Waals surface area contributed by atoms with Gasteiger partial charge in [-0.1, -0.05) is 72.8 Å². The molecule has 7 heteroatoms. The maximum atomic E-state index is 13.7. The molecule has 4 aromatic carbocycles. The van der Waals surface area contributed by atoms with Crippen LogP contribution in [0.4, 0.5) is 17.1 Å². The lowest BCUT2D eigenvalue weighted by Crippen LogP contribution is -2.47. The Kier molecular flexibility index (Phi) is 9.19. The summed E-state index contributed by atoms with van der Waals surface area (Å²) in [5, 5.41) is 6.07. The molecule has 4 aromatic rings. The van der Waals surface area contributed by atoms with Gasteiger partial charge >= 0.3 is 0 Å². The first-order valence-electron chi connectivity index (χ1n) is 14.2. The quantitative estimate of drug-likeness (QED) is 0.240. The molecule has 2 N–H and O–H groups in total. The Balaban J connectivity index is 1.36. The van der Waals surface area contributed by atoms with Gasteiger partial charge in [-0.05, 0) is 54.5 Å². The van der Waals surface area contributed by atoms with E-state index in [0.29, 0.717) is 11.3 Å². The lowest BCUT2D eigenvalue weighted by molar-refractivity contribution is -0.111. The average molecular weight is 561 g/mol. The fourth-order valence-electron chi connectivity index (χ4n) is 5.17. The van der Waals surface area contributed by atoms with Gasteiger partial charge in [0.15, 0.2) is 0 Å². The molecule has 0 bridgehead atoms.